The summed E-state index contributed by atoms with van der Waals surface area (Å²) in [6.45, 7) is 0.583. The summed E-state index contributed by atoms with van der Waals surface area (Å²) in [7, 11) is 0. The lowest BCUT2D eigenvalue weighted by atomic mass is 10.1. The fourth-order valence-electron chi connectivity index (χ4n) is 3.97. The highest BCUT2D eigenvalue weighted by molar-refractivity contribution is 7.22. The summed E-state index contributed by atoms with van der Waals surface area (Å²) in [5, 5.41) is 1.17. The van der Waals surface area contributed by atoms with Gasteiger partial charge in [0.25, 0.3) is 0 Å². The van der Waals surface area contributed by atoms with Crippen LogP contribution in [0.1, 0.15) is 12.0 Å². The Morgan fingerprint density at radius 2 is 1.88 bits per heavy atom. The lowest BCUT2D eigenvalue weighted by molar-refractivity contribution is -0.124. The SMILES string of the molecule is O=C1CC(C(=O)N(Cc2ccccc2)c2nc3ccc(Cl)cc3s2)CN1c1ccc(F)cc1. The van der Waals surface area contributed by atoms with Crippen molar-refractivity contribution < 1.29 is 14.0 Å². The number of nitrogens with zero attached hydrogens (tertiary/aromatic N) is 3. The molecule has 0 spiro atoms. The van der Waals surface area contributed by atoms with Crippen LogP contribution >= 0.6 is 22.9 Å². The summed E-state index contributed by atoms with van der Waals surface area (Å²) in [6, 6.07) is 20.8. The molecule has 33 heavy (non-hydrogen) atoms. The summed E-state index contributed by atoms with van der Waals surface area (Å²) in [5.74, 6) is -1.22. The number of aromatic nitrogens is 1. The topological polar surface area (TPSA) is 53.5 Å². The number of amides is 2. The van der Waals surface area contributed by atoms with Crippen molar-refractivity contribution in [1.82, 2.24) is 4.98 Å². The van der Waals surface area contributed by atoms with E-state index in [0.717, 1.165) is 15.8 Å². The third-order valence-electron chi connectivity index (χ3n) is 5.63. The van der Waals surface area contributed by atoms with Gasteiger partial charge in [-0.2, -0.15) is 0 Å². The van der Waals surface area contributed by atoms with Crippen LogP contribution in [-0.2, 0) is 16.1 Å². The molecule has 1 aliphatic heterocycles. The van der Waals surface area contributed by atoms with E-state index < -0.39 is 5.92 Å². The largest absolute Gasteiger partial charge is 0.312 e. The first-order valence-corrected chi connectivity index (χ1v) is 11.6. The minimum atomic E-state index is -0.526. The van der Waals surface area contributed by atoms with E-state index in [9.17, 15) is 14.0 Å². The zero-order valence-corrected chi connectivity index (χ0v) is 19.0. The second kappa shape index (κ2) is 8.92. The molecule has 166 valence electrons. The molecule has 1 saturated heterocycles. The molecule has 1 fully saturated rings. The van der Waals surface area contributed by atoms with Gasteiger partial charge in [0.1, 0.15) is 5.82 Å². The monoisotopic (exact) mass is 479 g/mol. The highest BCUT2D eigenvalue weighted by Crippen LogP contribution is 2.34. The summed E-state index contributed by atoms with van der Waals surface area (Å²) in [5.41, 5.74) is 2.31. The molecule has 0 bridgehead atoms. The van der Waals surface area contributed by atoms with Crippen LogP contribution in [0.15, 0.2) is 72.8 Å². The van der Waals surface area contributed by atoms with E-state index in [1.807, 2.05) is 42.5 Å². The van der Waals surface area contributed by atoms with Crippen molar-refractivity contribution in [1.29, 1.82) is 0 Å². The first-order valence-electron chi connectivity index (χ1n) is 10.5. The quantitative estimate of drug-likeness (QED) is 0.370. The van der Waals surface area contributed by atoms with Crippen LogP contribution < -0.4 is 9.80 Å². The third kappa shape index (κ3) is 4.47. The predicted octanol–water partition coefficient (Wildman–Crippen LogP) is 5.68. The zero-order chi connectivity index (χ0) is 22.9. The summed E-state index contributed by atoms with van der Waals surface area (Å²) >= 11 is 7.53. The smallest absolute Gasteiger partial charge is 0.234 e. The van der Waals surface area contributed by atoms with Crippen LogP contribution in [0.5, 0.6) is 0 Å². The second-order valence-corrected chi connectivity index (χ2v) is 9.35. The number of fused-ring (bicyclic) bond motifs is 1. The molecular weight excluding hydrogens is 461 g/mol. The minimum absolute atomic E-state index is 0.0955. The lowest BCUT2D eigenvalue weighted by Crippen LogP contribution is -2.37. The Morgan fingerprint density at radius 3 is 2.64 bits per heavy atom. The molecule has 0 aliphatic carbocycles. The van der Waals surface area contributed by atoms with E-state index in [0.29, 0.717) is 22.4 Å². The number of hydrogen-bond acceptors (Lipinski definition) is 4. The van der Waals surface area contributed by atoms with Gasteiger partial charge in [0, 0.05) is 23.7 Å². The van der Waals surface area contributed by atoms with E-state index in [1.54, 1.807) is 28.0 Å². The molecule has 2 amide bonds. The molecule has 0 radical (unpaired) electrons. The number of hydrogen-bond donors (Lipinski definition) is 0. The second-order valence-electron chi connectivity index (χ2n) is 7.90. The molecule has 0 N–H and O–H groups in total. The molecule has 1 unspecified atom stereocenters. The molecule has 0 saturated carbocycles. The number of benzene rings is 3. The first-order chi connectivity index (χ1) is 16.0. The predicted molar refractivity (Wildman–Crippen MR) is 129 cm³/mol. The van der Waals surface area contributed by atoms with Crippen molar-refractivity contribution in [3.05, 3.63) is 89.2 Å². The molecule has 5 nitrogen and oxygen atoms in total. The average molecular weight is 480 g/mol. The van der Waals surface area contributed by atoms with Crippen molar-refractivity contribution >= 4 is 55.8 Å². The Bertz CT molecular complexity index is 1330. The number of anilines is 2. The molecule has 2 heterocycles. The van der Waals surface area contributed by atoms with Gasteiger partial charge in [0.2, 0.25) is 11.8 Å². The van der Waals surface area contributed by atoms with Crippen molar-refractivity contribution in [3.8, 4) is 0 Å². The number of thiazole rings is 1. The summed E-state index contributed by atoms with van der Waals surface area (Å²) in [4.78, 5) is 34.3. The van der Waals surface area contributed by atoms with Gasteiger partial charge in [0.05, 0.1) is 22.7 Å². The van der Waals surface area contributed by atoms with Crippen LogP contribution in [-0.4, -0.2) is 23.3 Å². The van der Waals surface area contributed by atoms with E-state index in [-0.39, 0.29) is 30.6 Å². The van der Waals surface area contributed by atoms with Crippen LogP contribution in [0.25, 0.3) is 10.2 Å². The number of carbonyl (C=O) groups is 2. The van der Waals surface area contributed by atoms with Crippen LogP contribution in [0, 0.1) is 11.7 Å². The molecule has 1 aliphatic rings. The Balaban J connectivity index is 1.46. The van der Waals surface area contributed by atoms with E-state index in [4.69, 9.17) is 11.6 Å². The third-order valence-corrected chi connectivity index (χ3v) is 6.91. The summed E-state index contributed by atoms with van der Waals surface area (Å²) in [6.07, 6.45) is 0.0955. The number of carbonyl (C=O) groups excluding carboxylic acids is 2. The Morgan fingerprint density at radius 1 is 1.12 bits per heavy atom. The molecule has 8 heteroatoms. The highest BCUT2D eigenvalue weighted by atomic mass is 35.5. The molecule has 3 aromatic carbocycles. The number of rotatable bonds is 5. The van der Waals surface area contributed by atoms with Crippen LogP contribution in [0.4, 0.5) is 15.2 Å². The Hall–Kier alpha value is -3.29. The fraction of sp³-hybridized carbons (Fsp3) is 0.160. The van der Waals surface area contributed by atoms with Crippen LogP contribution in [0.2, 0.25) is 5.02 Å². The van der Waals surface area contributed by atoms with Crippen molar-refractivity contribution in [2.24, 2.45) is 5.92 Å². The maximum Gasteiger partial charge on any atom is 0.234 e. The van der Waals surface area contributed by atoms with E-state index >= 15 is 0 Å². The maximum absolute atomic E-state index is 13.7. The van der Waals surface area contributed by atoms with Gasteiger partial charge in [-0.1, -0.05) is 53.3 Å². The number of halogens is 2. The highest BCUT2D eigenvalue weighted by Gasteiger charge is 2.38. The molecule has 5 rings (SSSR count). The normalized spacial score (nSPS) is 15.9. The van der Waals surface area contributed by atoms with Gasteiger partial charge in [-0.3, -0.25) is 14.5 Å². The Kier molecular flexibility index (Phi) is 5.83. The van der Waals surface area contributed by atoms with Crippen molar-refractivity contribution in [2.75, 3.05) is 16.3 Å². The molecular formula is C25H19ClFN3O2S. The molecule has 1 aromatic heterocycles. The zero-order valence-electron chi connectivity index (χ0n) is 17.4. The standard InChI is InChI=1S/C25H19ClFN3O2S/c26-18-6-11-21-22(13-18)33-25(28-21)30(14-16-4-2-1-3-5-16)24(32)17-12-23(31)29(15-17)20-9-7-19(27)8-10-20/h1-11,13,17H,12,14-15H2. The maximum atomic E-state index is 13.7. The average Bonchev–Trinajstić information content (AvgIpc) is 3.41. The molecule has 4 aromatic rings. The first kappa shape index (κ1) is 21.6. The van der Waals surface area contributed by atoms with Gasteiger partial charge in [-0.05, 0) is 48.0 Å². The van der Waals surface area contributed by atoms with Crippen molar-refractivity contribution in [2.45, 2.75) is 13.0 Å². The Labute approximate surface area is 199 Å². The minimum Gasteiger partial charge on any atom is -0.312 e. The van der Waals surface area contributed by atoms with Crippen molar-refractivity contribution in [3.63, 3.8) is 0 Å². The van der Waals surface area contributed by atoms with E-state index in [2.05, 4.69) is 4.98 Å². The molecule has 1 atom stereocenters. The van der Waals surface area contributed by atoms with Crippen LogP contribution in [0.3, 0.4) is 0 Å². The summed E-state index contributed by atoms with van der Waals surface area (Å²) < 4.78 is 14.2. The van der Waals surface area contributed by atoms with Gasteiger partial charge in [0.15, 0.2) is 5.13 Å². The lowest BCUT2D eigenvalue weighted by Gasteiger charge is -2.23. The van der Waals surface area contributed by atoms with Gasteiger partial charge >= 0.3 is 0 Å². The fourth-order valence-corrected chi connectivity index (χ4v) is 5.22. The van der Waals surface area contributed by atoms with Gasteiger partial charge in [-0.15, -0.1) is 0 Å². The van der Waals surface area contributed by atoms with E-state index in [1.165, 1.54) is 23.5 Å². The van der Waals surface area contributed by atoms with Gasteiger partial charge in [-0.25, -0.2) is 9.37 Å². The van der Waals surface area contributed by atoms with Gasteiger partial charge < -0.3 is 4.90 Å².